The van der Waals surface area contributed by atoms with Crippen LogP contribution in [0.1, 0.15) is 37.7 Å². The minimum atomic E-state index is -3.52. The van der Waals surface area contributed by atoms with E-state index in [1.54, 1.807) is 24.5 Å². The molecule has 43 heavy (non-hydrogen) atoms. The molecule has 0 bridgehead atoms. The van der Waals surface area contributed by atoms with E-state index >= 15 is 0 Å². The maximum absolute atomic E-state index is 13.3. The molecule has 230 valence electrons. The Morgan fingerprint density at radius 3 is 2.56 bits per heavy atom. The van der Waals surface area contributed by atoms with E-state index in [1.807, 2.05) is 29.3 Å². The molecule has 0 radical (unpaired) electrons. The molecule has 0 unspecified atom stereocenters. The second-order valence-corrected chi connectivity index (χ2v) is 12.8. The van der Waals surface area contributed by atoms with Crippen molar-refractivity contribution in [3.05, 3.63) is 72.8 Å². The molecule has 3 atom stereocenters. The summed E-state index contributed by atoms with van der Waals surface area (Å²) in [6.07, 6.45) is 4.49. The first-order chi connectivity index (χ1) is 20.7. The number of likely N-dealkylation sites (N-methyl/N-ethyl adjacent to an activating group) is 1. The highest BCUT2D eigenvalue weighted by Gasteiger charge is 2.38. The lowest BCUT2D eigenvalue weighted by Gasteiger charge is -2.38. The van der Waals surface area contributed by atoms with Crippen molar-refractivity contribution in [2.75, 3.05) is 25.9 Å². The number of aliphatic carboxylic acids is 1. The fourth-order valence-corrected chi connectivity index (χ4v) is 6.83. The minimum Gasteiger partial charge on any atom is -0.481 e. The third-order valence-electron chi connectivity index (χ3n) is 7.91. The lowest BCUT2D eigenvalue weighted by atomic mass is 9.85. The molecule has 0 spiro atoms. The van der Waals surface area contributed by atoms with Gasteiger partial charge in [0.15, 0.2) is 16.2 Å². The van der Waals surface area contributed by atoms with Crippen LogP contribution in [0.4, 0.5) is 0 Å². The van der Waals surface area contributed by atoms with Crippen LogP contribution in [0.3, 0.4) is 0 Å². The van der Waals surface area contributed by atoms with Gasteiger partial charge in [-0.15, -0.1) is 0 Å². The Bertz CT molecular complexity index is 1480. The number of nitrogens with one attached hydrogen (secondary N) is 2. The highest BCUT2D eigenvalue weighted by atomic mass is 32.2. The number of carbonyl (C=O) groups is 3. The first-order valence-electron chi connectivity index (χ1n) is 14.4. The summed E-state index contributed by atoms with van der Waals surface area (Å²) in [5, 5.41) is 14.3. The fourth-order valence-electron chi connectivity index (χ4n) is 5.48. The number of nitrogens with zero attached hydrogens (tertiary/aromatic N) is 2. The van der Waals surface area contributed by atoms with Crippen molar-refractivity contribution >= 4 is 27.5 Å². The smallest absolute Gasteiger partial charge is 0.306 e. The van der Waals surface area contributed by atoms with Gasteiger partial charge in [0.2, 0.25) is 5.91 Å². The Hall–Kier alpha value is -3.87. The Morgan fingerprint density at radius 1 is 1.12 bits per heavy atom. The number of carboxylic acid groups (broad SMARTS) is 1. The Balaban J connectivity index is 1.31. The quantitative estimate of drug-likeness (QED) is 0.233. The molecule has 3 aromatic rings. The number of ketones is 1. The third-order valence-corrected chi connectivity index (χ3v) is 9.73. The van der Waals surface area contributed by atoms with Crippen molar-refractivity contribution in [3.8, 4) is 11.3 Å². The maximum atomic E-state index is 13.3. The molecule has 0 aliphatic carbocycles. The number of amides is 1. The number of hydrogen-bond acceptors (Lipinski definition) is 9. The number of carboxylic acids is 1. The average Bonchev–Trinajstić information content (AvgIpc) is 3.56. The summed E-state index contributed by atoms with van der Waals surface area (Å²) in [5.41, 5.74) is 6.00. The SMILES string of the molecule is CNC(=O)[C@H]1NN(CCc2ccccc2-c2cocn2)CC[C@H]1C(=O)CC[C@@H](CCCS(=O)(=O)c1ccccc1)C(=O)O. The van der Waals surface area contributed by atoms with Crippen LogP contribution in [-0.4, -0.2) is 73.1 Å². The van der Waals surface area contributed by atoms with Crippen LogP contribution < -0.4 is 10.7 Å². The number of oxazole rings is 1. The van der Waals surface area contributed by atoms with Crippen LogP contribution in [0, 0.1) is 11.8 Å². The van der Waals surface area contributed by atoms with Crippen LogP contribution >= 0.6 is 0 Å². The molecule has 4 rings (SSSR count). The van der Waals surface area contributed by atoms with Crippen LogP contribution in [0.5, 0.6) is 0 Å². The van der Waals surface area contributed by atoms with Crippen molar-refractivity contribution in [2.45, 2.75) is 49.5 Å². The molecule has 1 aliphatic heterocycles. The molecule has 11 nitrogen and oxygen atoms in total. The Labute approximate surface area is 251 Å². The number of rotatable bonds is 15. The largest absolute Gasteiger partial charge is 0.481 e. The molecule has 1 aromatic heterocycles. The molecule has 2 heterocycles. The monoisotopic (exact) mass is 610 g/mol. The third kappa shape index (κ3) is 8.59. The number of hydrazine groups is 1. The lowest BCUT2D eigenvalue weighted by Crippen LogP contribution is -2.61. The fraction of sp³-hybridized carbons (Fsp3) is 0.419. The van der Waals surface area contributed by atoms with Gasteiger partial charge in [0.05, 0.1) is 16.6 Å². The lowest BCUT2D eigenvalue weighted by molar-refractivity contribution is -0.143. The first-order valence-corrected chi connectivity index (χ1v) is 16.1. The Morgan fingerprint density at radius 2 is 1.86 bits per heavy atom. The summed E-state index contributed by atoms with van der Waals surface area (Å²) in [7, 11) is -2.00. The predicted molar refractivity (Wildman–Crippen MR) is 159 cm³/mol. The second kappa shape index (κ2) is 15.0. The molecule has 1 saturated heterocycles. The summed E-state index contributed by atoms with van der Waals surface area (Å²) in [6, 6.07) is 15.2. The van der Waals surface area contributed by atoms with Gasteiger partial charge in [0, 0.05) is 38.0 Å². The summed E-state index contributed by atoms with van der Waals surface area (Å²) < 4.78 is 30.2. The van der Waals surface area contributed by atoms with E-state index in [0.29, 0.717) is 25.9 Å². The van der Waals surface area contributed by atoms with Gasteiger partial charge in [0.1, 0.15) is 23.8 Å². The summed E-state index contributed by atoms with van der Waals surface area (Å²) in [5.74, 6) is -3.18. The topological polar surface area (TPSA) is 159 Å². The normalized spacial score (nSPS) is 18.2. The van der Waals surface area contributed by atoms with Crippen LogP contribution in [0.25, 0.3) is 11.3 Å². The van der Waals surface area contributed by atoms with Gasteiger partial charge >= 0.3 is 5.97 Å². The van der Waals surface area contributed by atoms with E-state index in [2.05, 4.69) is 15.7 Å². The molecule has 1 amide bonds. The van der Waals surface area contributed by atoms with E-state index in [9.17, 15) is 27.9 Å². The van der Waals surface area contributed by atoms with Gasteiger partial charge in [-0.25, -0.2) is 23.8 Å². The summed E-state index contributed by atoms with van der Waals surface area (Å²) in [4.78, 5) is 42.4. The van der Waals surface area contributed by atoms with Crippen LogP contribution in [0.15, 0.2) is 76.6 Å². The van der Waals surface area contributed by atoms with Crippen LogP contribution in [-0.2, 0) is 30.6 Å². The molecule has 3 N–H and O–H groups in total. The molecule has 0 saturated carbocycles. The summed E-state index contributed by atoms with van der Waals surface area (Å²) >= 11 is 0. The maximum Gasteiger partial charge on any atom is 0.306 e. The van der Waals surface area contributed by atoms with E-state index in [-0.39, 0.29) is 48.0 Å². The van der Waals surface area contributed by atoms with Crippen molar-refractivity contribution in [1.82, 2.24) is 20.7 Å². The molecular weight excluding hydrogens is 572 g/mol. The van der Waals surface area contributed by atoms with Crippen molar-refractivity contribution in [3.63, 3.8) is 0 Å². The zero-order valence-electron chi connectivity index (χ0n) is 24.1. The first kappa shape index (κ1) is 32.1. The zero-order chi connectivity index (χ0) is 30.8. The number of carbonyl (C=O) groups excluding carboxylic acids is 2. The van der Waals surface area contributed by atoms with Gasteiger partial charge in [-0.2, -0.15) is 0 Å². The number of benzene rings is 2. The standard InChI is InChI=1S/C31H38N4O7S/c1-32-30(37)29-26(16-18-35(34-29)17-15-22-8-5-6-12-25(22)27-20-42-21-33-27)28(36)14-13-23(31(38)39)9-7-19-43(40,41)24-10-3-2-4-11-24/h2-6,8,10-12,20-21,23,26,29,34H,7,9,13-19H2,1H3,(H,32,37)(H,38,39)/t23-,26+,29+/m1/s1. The number of hydrogen-bond donors (Lipinski definition) is 3. The second-order valence-electron chi connectivity index (χ2n) is 10.7. The van der Waals surface area contributed by atoms with Gasteiger partial charge in [-0.1, -0.05) is 42.5 Å². The molecule has 2 aromatic carbocycles. The van der Waals surface area contributed by atoms with Crippen molar-refractivity contribution < 1.29 is 32.3 Å². The molecule has 1 fully saturated rings. The zero-order valence-corrected chi connectivity index (χ0v) is 25.0. The molecule has 1 aliphatic rings. The number of sulfone groups is 1. The van der Waals surface area contributed by atoms with Gasteiger partial charge in [0.25, 0.3) is 0 Å². The number of aromatic nitrogens is 1. The predicted octanol–water partition coefficient (Wildman–Crippen LogP) is 3.13. The number of Topliss-reactive ketones (excluding diaryl/α,β-unsaturated/α-hetero) is 1. The Kier molecular flexibility index (Phi) is 11.2. The van der Waals surface area contributed by atoms with E-state index in [0.717, 1.165) is 16.8 Å². The van der Waals surface area contributed by atoms with E-state index in [4.69, 9.17) is 4.42 Å². The highest BCUT2D eigenvalue weighted by Crippen LogP contribution is 2.25. The van der Waals surface area contributed by atoms with Crippen molar-refractivity contribution in [1.29, 1.82) is 0 Å². The summed E-state index contributed by atoms with van der Waals surface area (Å²) in [6.45, 7) is 1.13. The van der Waals surface area contributed by atoms with E-state index in [1.165, 1.54) is 25.6 Å². The van der Waals surface area contributed by atoms with Gasteiger partial charge in [-0.3, -0.25) is 14.4 Å². The molecular formula is C31H38N4O7S. The highest BCUT2D eigenvalue weighted by molar-refractivity contribution is 7.91. The molecule has 12 heteroatoms. The average molecular weight is 611 g/mol. The van der Waals surface area contributed by atoms with Gasteiger partial charge in [-0.05, 0) is 49.8 Å². The minimum absolute atomic E-state index is 0.00663. The van der Waals surface area contributed by atoms with Crippen LogP contribution in [0.2, 0.25) is 0 Å². The van der Waals surface area contributed by atoms with Crippen molar-refractivity contribution in [2.24, 2.45) is 11.8 Å². The van der Waals surface area contributed by atoms with Gasteiger partial charge < -0.3 is 14.8 Å². The van der Waals surface area contributed by atoms with E-state index < -0.39 is 33.7 Å².